The molecule has 5 nitrogen and oxygen atoms in total. The molecule has 118 valence electrons. The number of rotatable bonds is 3. The molecule has 0 bridgehead atoms. The lowest BCUT2D eigenvalue weighted by molar-refractivity contribution is 0.0868. The first kappa shape index (κ1) is 13.9. The Bertz CT molecular complexity index is 721. The molecule has 1 saturated heterocycles. The van der Waals surface area contributed by atoms with Crippen molar-refractivity contribution in [2.75, 3.05) is 20.2 Å². The van der Waals surface area contributed by atoms with E-state index in [1.165, 1.54) is 19.3 Å². The van der Waals surface area contributed by atoms with Crippen molar-refractivity contribution in [3.63, 3.8) is 0 Å². The highest BCUT2D eigenvalue weighted by Crippen LogP contribution is 2.31. The third-order valence-corrected chi connectivity index (χ3v) is 5.38. The lowest BCUT2D eigenvalue weighted by Crippen LogP contribution is -2.45. The van der Waals surface area contributed by atoms with Crippen molar-refractivity contribution in [3.05, 3.63) is 28.7 Å². The Kier molecular flexibility index (Phi) is 3.45. The lowest BCUT2D eigenvalue weighted by atomic mass is 9.89. The first-order chi connectivity index (χ1) is 10.8. The molecule has 2 aliphatic rings. The number of aromatic nitrogens is 2. The third kappa shape index (κ3) is 2.24. The summed E-state index contributed by atoms with van der Waals surface area (Å²) in [6.45, 7) is 2.22. The van der Waals surface area contributed by atoms with Gasteiger partial charge in [0.25, 0.3) is 0 Å². The molecule has 0 atom stereocenters. The Morgan fingerprint density at radius 2 is 1.91 bits per heavy atom. The molecule has 1 aliphatic carbocycles. The predicted octanol–water partition coefficient (Wildman–Crippen LogP) is 2.53. The van der Waals surface area contributed by atoms with Crippen molar-refractivity contribution in [2.24, 2.45) is 0 Å². The number of nitrogens with zero attached hydrogens (tertiary/aromatic N) is 2. The molecule has 5 heteroatoms. The van der Waals surface area contributed by atoms with E-state index < -0.39 is 0 Å². The molecule has 0 radical (unpaired) electrons. The van der Waals surface area contributed by atoms with E-state index in [0.717, 1.165) is 48.8 Å². The zero-order valence-electron chi connectivity index (χ0n) is 13.0. The summed E-state index contributed by atoms with van der Waals surface area (Å²) in [4.78, 5) is 18.0. The van der Waals surface area contributed by atoms with Crippen LogP contribution in [0.15, 0.2) is 23.0 Å². The summed E-state index contributed by atoms with van der Waals surface area (Å²) in [5.41, 5.74) is 1.86. The predicted molar refractivity (Wildman–Crippen MR) is 86.6 cm³/mol. The number of fused-ring (bicyclic) bond motifs is 1. The molecule has 2 heterocycles. The van der Waals surface area contributed by atoms with Crippen LogP contribution >= 0.6 is 0 Å². The number of H-pyrrole nitrogens is 1. The molecule has 2 aromatic rings. The second-order valence-electron chi connectivity index (χ2n) is 6.54. The van der Waals surface area contributed by atoms with E-state index in [1.807, 2.05) is 22.8 Å². The van der Waals surface area contributed by atoms with E-state index in [0.29, 0.717) is 6.04 Å². The number of methoxy groups -OCH3 is 1. The molecular formula is C17H23N3O2. The Morgan fingerprint density at radius 3 is 2.55 bits per heavy atom. The zero-order valence-corrected chi connectivity index (χ0v) is 13.0. The fourth-order valence-corrected chi connectivity index (χ4v) is 3.85. The largest absolute Gasteiger partial charge is 0.497 e. The molecule has 1 aromatic carbocycles. The van der Waals surface area contributed by atoms with Crippen LogP contribution in [-0.2, 0) is 0 Å². The number of nitrogens with one attached hydrogen (secondary N) is 1. The van der Waals surface area contributed by atoms with Crippen molar-refractivity contribution >= 4 is 11.0 Å². The number of imidazole rings is 1. The van der Waals surface area contributed by atoms with E-state index in [2.05, 4.69) is 9.88 Å². The number of piperidine rings is 1. The molecule has 0 amide bonds. The van der Waals surface area contributed by atoms with E-state index in [9.17, 15) is 4.79 Å². The van der Waals surface area contributed by atoms with Crippen LogP contribution in [0.1, 0.15) is 38.1 Å². The maximum atomic E-state index is 12.4. The van der Waals surface area contributed by atoms with Gasteiger partial charge in [-0.15, -0.1) is 0 Å². The Morgan fingerprint density at radius 1 is 1.14 bits per heavy atom. The van der Waals surface area contributed by atoms with Crippen LogP contribution < -0.4 is 10.4 Å². The van der Waals surface area contributed by atoms with E-state index in [4.69, 9.17) is 4.74 Å². The molecule has 1 N–H and O–H groups in total. The normalized spacial score (nSPS) is 21.1. The SMILES string of the molecule is COc1ccc2[nH]c(=O)n(C3CCN(C4CCC4)CC3)c2c1. The molecule has 0 spiro atoms. The summed E-state index contributed by atoms with van der Waals surface area (Å²) in [6, 6.07) is 6.88. The highest BCUT2D eigenvalue weighted by Gasteiger charge is 2.30. The summed E-state index contributed by atoms with van der Waals surface area (Å²) in [6.07, 6.45) is 6.21. The van der Waals surface area contributed by atoms with Crippen molar-refractivity contribution in [2.45, 2.75) is 44.2 Å². The van der Waals surface area contributed by atoms with Gasteiger partial charge >= 0.3 is 5.69 Å². The van der Waals surface area contributed by atoms with Gasteiger partial charge in [-0.3, -0.25) is 4.57 Å². The van der Waals surface area contributed by atoms with Gasteiger partial charge in [0, 0.05) is 31.2 Å². The van der Waals surface area contributed by atoms with Gasteiger partial charge in [0.05, 0.1) is 18.1 Å². The molecule has 22 heavy (non-hydrogen) atoms. The molecule has 0 unspecified atom stereocenters. The van der Waals surface area contributed by atoms with Crippen molar-refractivity contribution in [3.8, 4) is 5.75 Å². The number of hydrogen-bond donors (Lipinski definition) is 1. The first-order valence-electron chi connectivity index (χ1n) is 8.28. The van der Waals surface area contributed by atoms with Gasteiger partial charge in [0.2, 0.25) is 0 Å². The van der Waals surface area contributed by atoms with Crippen LogP contribution in [0.5, 0.6) is 5.75 Å². The van der Waals surface area contributed by atoms with Gasteiger partial charge < -0.3 is 14.6 Å². The monoisotopic (exact) mass is 301 g/mol. The maximum absolute atomic E-state index is 12.4. The second kappa shape index (κ2) is 5.47. The number of likely N-dealkylation sites (tertiary alicyclic amines) is 1. The van der Waals surface area contributed by atoms with Crippen molar-refractivity contribution in [1.29, 1.82) is 0 Å². The molecule has 1 aliphatic heterocycles. The zero-order chi connectivity index (χ0) is 15.1. The fourth-order valence-electron chi connectivity index (χ4n) is 3.85. The molecule has 1 saturated carbocycles. The van der Waals surface area contributed by atoms with Gasteiger partial charge in [0.15, 0.2) is 0 Å². The quantitative estimate of drug-likeness (QED) is 0.948. The Hall–Kier alpha value is -1.75. The third-order valence-electron chi connectivity index (χ3n) is 5.38. The maximum Gasteiger partial charge on any atom is 0.326 e. The number of hydrogen-bond acceptors (Lipinski definition) is 3. The van der Waals surface area contributed by atoms with Gasteiger partial charge in [-0.2, -0.15) is 0 Å². The smallest absolute Gasteiger partial charge is 0.326 e. The summed E-state index contributed by atoms with van der Waals surface area (Å²) < 4.78 is 7.25. The summed E-state index contributed by atoms with van der Waals surface area (Å²) in [7, 11) is 1.66. The molecule has 2 fully saturated rings. The molecular weight excluding hydrogens is 278 g/mol. The van der Waals surface area contributed by atoms with Gasteiger partial charge in [-0.25, -0.2) is 4.79 Å². The van der Waals surface area contributed by atoms with Crippen LogP contribution in [0.3, 0.4) is 0 Å². The summed E-state index contributed by atoms with van der Waals surface area (Å²) >= 11 is 0. The Labute approximate surface area is 129 Å². The van der Waals surface area contributed by atoms with Crippen LogP contribution in [0.2, 0.25) is 0 Å². The van der Waals surface area contributed by atoms with E-state index >= 15 is 0 Å². The highest BCUT2D eigenvalue weighted by molar-refractivity contribution is 5.77. The summed E-state index contributed by atoms with van der Waals surface area (Å²) in [5, 5.41) is 0. The average molecular weight is 301 g/mol. The lowest BCUT2D eigenvalue weighted by Gasteiger charge is -2.41. The van der Waals surface area contributed by atoms with Crippen LogP contribution in [0, 0.1) is 0 Å². The highest BCUT2D eigenvalue weighted by atomic mass is 16.5. The van der Waals surface area contributed by atoms with E-state index in [-0.39, 0.29) is 5.69 Å². The van der Waals surface area contributed by atoms with Crippen LogP contribution in [0.25, 0.3) is 11.0 Å². The minimum Gasteiger partial charge on any atom is -0.497 e. The van der Waals surface area contributed by atoms with Crippen LogP contribution in [-0.4, -0.2) is 40.7 Å². The number of benzene rings is 1. The molecule has 1 aromatic heterocycles. The van der Waals surface area contributed by atoms with Crippen LogP contribution in [0.4, 0.5) is 0 Å². The van der Waals surface area contributed by atoms with Crippen molar-refractivity contribution in [1.82, 2.24) is 14.5 Å². The minimum atomic E-state index is 0.00495. The minimum absolute atomic E-state index is 0.00495. The number of ether oxygens (including phenoxy) is 1. The average Bonchev–Trinajstić information content (AvgIpc) is 2.81. The van der Waals surface area contributed by atoms with Gasteiger partial charge in [0.1, 0.15) is 5.75 Å². The van der Waals surface area contributed by atoms with Crippen molar-refractivity contribution < 1.29 is 4.74 Å². The molecule has 4 rings (SSSR count). The van der Waals surface area contributed by atoms with E-state index in [1.54, 1.807) is 7.11 Å². The Balaban J connectivity index is 1.60. The van der Waals surface area contributed by atoms with Gasteiger partial charge in [-0.1, -0.05) is 6.42 Å². The second-order valence-corrected chi connectivity index (χ2v) is 6.54. The standard InChI is InChI=1S/C17H23N3O2/c1-22-14-5-6-15-16(11-14)20(17(21)18-15)13-7-9-19(10-8-13)12-3-2-4-12/h5-6,11-13H,2-4,7-10H2,1H3,(H,18,21). The first-order valence-corrected chi connectivity index (χ1v) is 8.28. The fraction of sp³-hybridized carbons (Fsp3) is 0.588. The van der Waals surface area contributed by atoms with Gasteiger partial charge in [-0.05, 0) is 37.8 Å². The topological polar surface area (TPSA) is 50.3 Å². The summed E-state index contributed by atoms with van der Waals surface area (Å²) in [5.74, 6) is 0.798. The number of aromatic amines is 1.